The van der Waals surface area contributed by atoms with Crippen LogP contribution in [0, 0.1) is 11.3 Å². The van der Waals surface area contributed by atoms with Gasteiger partial charge in [-0.25, -0.2) is 0 Å². The second-order valence-electron chi connectivity index (χ2n) is 8.37. The fourth-order valence-corrected chi connectivity index (χ4v) is 4.18. The predicted molar refractivity (Wildman–Crippen MR) is 113 cm³/mol. The second kappa shape index (κ2) is 7.45. The maximum Gasteiger partial charge on any atom is 0.417 e. The van der Waals surface area contributed by atoms with E-state index in [2.05, 4.69) is 25.2 Å². The van der Waals surface area contributed by atoms with E-state index in [0.29, 0.717) is 18.8 Å². The normalized spacial score (nSPS) is 15.5. The summed E-state index contributed by atoms with van der Waals surface area (Å²) in [5, 5.41) is 12.7. The number of aromatic nitrogens is 1. The number of nitrogens with zero attached hydrogens (tertiary/aromatic N) is 2. The van der Waals surface area contributed by atoms with Gasteiger partial charge in [0.25, 0.3) is 5.91 Å². The summed E-state index contributed by atoms with van der Waals surface area (Å²) in [6.45, 7) is 4.23. The minimum atomic E-state index is -4.68. The van der Waals surface area contributed by atoms with Crippen molar-refractivity contribution < 1.29 is 18.0 Å². The van der Waals surface area contributed by atoms with E-state index >= 15 is 0 Å². The number of carbonyl (C=O) groups excluding carboxylic acids is 1. The van der Waals surface area contributed by atoms with Crippen LogP contribution in [0.25, 0.3) is 10.9 Å². The molecule has 4 rings (SSSR count). The van der Waals surface area contributed by atoms with E-state index in [1.54, 1.807) is 6.07 Å². The molecule has 4 nitrogen and oxygen atoms in total. The minimum absolute atomic E-state index is 0.0288. The Bertz CT molecular complexity index is 1200. The van der Waals surface area contributed by atoms with Crippen LogP contribution in [0.15, 0.2) is 48.7 Å². The lowest BCUT2D eigenvalue weighted by molar-refractivity contribution is -0.137. The van der Waals surface area contributed by atoms with E-state index in [0.717, 1.165) is 29.5 Å². The summed E-state index contributed by atoms with van der Waals surface area (Å²) in [7, 11) is 0. The van der Waals surface area contributed by atoms with Crippen LogP contribution in [0.1, 0.15) is 55.7 Å². The van der Waals surface area contributed by atoms with Crippen molar-refractivity contribution in [3.8, 4) is 6.07 Å². The average Bonchev–Trinajstić information content (AvgIpc) is 3.10. The standard InChI is InChI=1S/C24H22F3N3O/c1-15(2)16-5-7-21-17(12-16)8-11-30(21)23(9-3-10-23)22(31)29-19-6-4-18(14-28)20(13-19)24(25,26)27/h4-8,11-13,15H,3,9-10H2,1-2H3,(H,29,31). The molecule has 1 aliphatic rings. The SMILES string of the molecule is CC(C)c1ccc2c(ccn2C2(C(=O)Nc3ccc(C#N)c(C(F)(F)F)c3)CCC2)c1. The van der Waals surface area contributed by atoms with Gasteiger partial charge in [-0.1, -0.05) is 19.9 Å². The van der Waals surface area contributed by atoms with E-state index < -0.39 is 22.8 Å². The van der Waals surface area contributed by atoms with Crippen LogP contribution >= 0.6 is 0 Å². The molecule has 7 heteroatoms. The van der Waals surface area contributed by atoms with Gasteiger partial charge in [0.05, 0.1) is 17.2 Å². The number of anilines is 1. The fourth-order valence-electron chi connectivity index (χ4n) is 4.18. The van der Waals surface area contributed by atoms with Crippen LogP contribution < -0.4 is 5.32 Å². The van der Waals surface area contributed by atoms with Gasteiger partial charge < -0.3 is 9.88 Å². The summed E-state index contributed by atoms with van der Waals surface area (Å²) < 4.78 is 41.8. The number of nitriles is 1. The number of nitrogens with one attached hydrogen (secondary N) is 1. The number of benzene rings is 2. The summed E-state index contributed by atoms with van der Waals surface area (Å²) >= 11 is 0. The zero-order valence-electron chi connectivity index (χ0n) is 17.3. The topological polar surface area (TPSA) is 57.8 Å². The molecule has 1 heterocycles. The third kappa shape index (κ3) is 3.56. The monoisotopic (exact) mass is 425 g/mol. The summed E-state index contributed by atoms with van der Waals surface area (Å²) in [6, 6.07) is 12.9. The van der Waals surface area contributed by atoms with Gasteiger partial charge >= 0.3 is 6.18 Å². The molecular weight excluding hydrogens is 403 g/mol. The molecule has 1 amide bonds. The third-order valence-electron chi connectivity index (χ3n) is 6.15. The fraction of sp³-hybridized carbons (Fsp3) is 0.333. The van der Waals surface area contributed by atoms with E-state index in [1.165, 1.54) is 11.6 Å². The Kier molecular flexibility index (Phi) is 5.04. The quantitative estimate of drug-likeness (QED) is 0.543. The zero-order chi connectivity index (χ0) is 22.4. The van der Waals surface area contributed by atoms with Crippen LogP contribution in [-0.4, -0.2) is 10.5 Å². The molecule has 1 aliphatic carbocycles. The highest BCUT2D eigenvalue weighted by molar-refractivity contribution is 5.99. The molecule has 0 aliphatic heterocycles. The molecule has 1 N–H and O–H groups in total. The van der Waals surface area contributed by atoms with Crippen LogP contribution in [0.4, 0.5) is 18.9 Å². The molecule has 0 unspecified atom stereocenters. The largest absolute Gasteiger partial charge is 0.417 e. The van der Waals surface area contributed by atoms with Gasteiger partial charge in [-0.3, -0.25) is 4.79 Å². The first-order chi connectivity index (χ1) is 14.7. The molecule has 3 aromatic rings. The molecule has 2 aromatic carbocycles. The highest BCUT2D eigenvalue weighted by Crippen LogP contribution is 2.43. The number of hydrogen-bond donors (Lipinski definition) is 1. The van der Waals surface area contributed by atoms with Gasteiger partial charge in [0.1, 0.15) is 5.54 Å². The highest BCUT2D eigenvalue weighted by Gasteiger charge is 2.46. The molecule has 0 spiro atoms. The lowest BCUT2D eigenvalue weighted by Gasteiger charge is -2.42. The Labute approximate surface area is 178 Å². The smallest absolute Gasteiger partial charge is 0.332 e. The Hall–Kier alpha value is -3.27. The van der Waals surface area contributed by atoms with Gasteiger partial charge in [-0.15, -0.1) is 0 Å². The van der Waals surface area contributed by atoms with Crippen molar-refractivity contribution in [2.75, 3.05) is 5.32 Å². The van der Waals surface area contributed by atoms with E-state index in [1.807, 2.05) is 29.0 Å². The number of halogens is 3. The number of fused-ring (bicyclic) bond motifs is 1. The molecule has 31 heavy (non-hydrogen) atoms. The van der Waals surface area contributed by atoms with E-state index in [-0.39, 0.29) is 11.6 Å². The van der Waals surface area contributed by atoms with Crippen molar-refractivity contribution in [1.82, 2.24) is 4.57 Å². The molecule has 0 atom stereocenters. The number of rotatable bonds is 4. The Morgan fingerprint density at radius 2 is 1.90 bits per heavy atom. The number of hydrogen-bond acceptors (Lipinski definition) is 2. The van der Waals surface area contributed by atoms with Gasteiger partial charge in [0, 0.05) is 17.4 Å². The molecular formula is C24H22F3N3O. The molecule has 1 fully saturated rings. The lowest BCUT2D eigenvalue weighted by Crippen LogP contribution is -2.50. The number of alkyl halides is 3. The zero-order valence-corrected chi connectivity index (χ0v) is 17.3. The van der Waals surface area contributed by atoms with Crippen molar-refractivity contribution >= 4 is 22.5 Å². The number of amides is 1. The van der Waals surface area contributed by atoms with Crippen molar-refractivity contribution in [3.05, 3.63) is 65.4 Å². The Morgan fingerprint density at radius 3 is 2.48 bits per heavy atom. The van der Waals surface area contributed by atoms with Gasteiger partial charge in [-0.05, 0) is 72.5 Å². The van der Waals surface area contributed by atoms with Gasteiger partial charge in [0.2, 0.25) is 0 Å². The summed E-state index contributed by atoms with van der Waals surface area (Å²) in [5.41, 5.74) is -0.205. The molecule has 0 radical (unpaired) electrons. The summed E-state index contributed by atoms with van der Waals surface area (Å²) in [5.74, 6) is 0.0370. The predicted octanol–water partition coefficient (Wildman–Crippen LogP) is 6.17. The maximum absolute atomic E-state index is 13.3. The van der Waals surface area contributed by atoms with Gasteiger partial charge in [0.15, 0.2) is 0 Å². The van der Waals surface area contributed by atoms with Gasteiger partial charge in [-0.2, -0.15) is 18.4 Å². The first-order valence-electron chi connectivity index (χ1n) is 10.2. The Balaban J connectivity index is 1.68. The first kappa shape index (κ1) is 21.0. The number of carbonyl (C=O) groups is 1. The first-order valence-corrected chi connectivity index (χ1v) is 10.2. The van der Waals surface area contributed by atoms with E-state index in [9.17, 15) is 18.0 Å². The highest BCUT2D eigenvalue weighted by atomic mass is 19.4. The average molecular weight is 425 g/mol. The Morgan fingerprint density at radius 1 is 1.16 bits per heavy atom. The van der Waals surface area contributed by atoms with Crippen molar-refractivity contribution in [2.45, 2.75) is 50.7 Å². The summed E-state index contributed by atoms with van der Waals surface area (Å²) in [6.07, 6.45) is -0.718. The second-order valence-corrected chi connectivity index (χ2v) is 8.37. The van der Waals surface area contributed by atoms with Crippen LogP contribution in [0.3, 0.4) is 0 Å². The summed E-state index contributed by atoms with van der Waals surface area (Å²) in [4.78, 5) is 13.3. The van der Waals surface area contributed by atoms with Crippen molar-refractivity contribution in [2.24, 2.45) is 0 Å². The van der Waals surface area contributed by atoms with Crippen LogP contribution in [0.2, 0.25) is 0 Å². The van der Waals surface area contributed by atoms with Crippen LogP contribution in [0.5, 0.6) is 0 Å². The lowest BCUT2D eigenvalue weighted by atomic mass is 9.75. The van der Waals surface area contributed by atoms with Crippen molar-refractivity contribution in [1.29, 1.82) is 5.26 Å². The van der Waals surface area contributed by atoms with Crippen molar-refractivity contribution in [3.63, 3.8) is 0 Å². The molecule has 1 saturated carbocycles. The minimum Gasteiger partial charge on any atom is -0.332 e. The molecule has 160 valence electrons. The maximum atomic E-state index is 13.3. The van der Waals surface area contributed by atoms with E-state index in [4.69, 9.17) is 5.26 Å². The third-order valence-corrected chi connectivity index (χ3v) is 6.15. The molecule has 0 saturated heterocycles. The van der Waals surface area contributed by atoms with Crippen LogP contribution in [-0.2, 0) is 16.5 Å². The molecule has 1 aromatic heterocycles. The molecule has 0 bridgehead atoms.